The third-order valence-corrected chi connectivity index (χ3v) is 14.0. The molecular weight excluding hydrogens is 904 g/mol. The van der Waals surface area contributed by atoms with E-state index in [1.54, 1.807) is 0 Å². The van der Waals surface area contributed by atoms with Crippen LogP contribution in [0.2, 0.25) is 10.0 Å². The number of nitrogens with zero attached hydrogens (tertiary/aromatic N) is 4. The van der Waals surface area contributed by atoms with E-state index < -0.39 is 10.8 Å². The fourth-order valence-corrected chi connectivity index (χ4v) is 10.4. The highest BCUT2D eigenvalue weighted by Crippen LogP contribution is 2.56. The van der Waals surface area contributed by atoms with Gasteiger partial charge >= 0.3 is 0 Å². The van der Waals surface area contributed by atoms with Crippen LogP contribution in [0, 0.1) is 13.8 Å². The molecule has 2 aliphatic rings. The molecule has 2 aliphatic heterocycles. The fraction of sp³-hybridized carbons (Fsp3) is 0.0968. The van der Waals surface area contributed by atoms with Gasteiger partial charge in [-0.2, -0.15) is 10.1 Å². The molecule has 2 saturated heterocycles. The lowest BCUT2D eigenvalue weighted by Crippen LogP contribution is -2.40. The molecule has 0 saturated carbocycles. The smallest absolute Gasteiger partial charge is 0.240 e. The Morgan fingerprint density at radius 3 is 0.929 bits per heavy atom. The van der Waals surface area contributed by atoms with Crippen LogP contribution in [0.5, 0.6) is 0 Å². The van der Waals surface area contributed by atoms with Crippen LogP contribution in [-0.2, 0) is 20.5 Å². The van der Waals surface area contributed by atoms with Crippen molar-refractivity contribution in [3.05, 3.63) is 297 Å². The second-order valence-electron chi connectivity index (χ2n) is 17.8. The van der Waals surface area contributed by atoms with E-state index in [-0.39, 0.29) is 12.1 Å². The van der Waals surface area contributed by atoms with E-state index in [0.29, 0.717) is 33.2 Å². The van der Waals surface area contributed by atoms with Crippen LogP contribution in [0.15, 0.2) is 253 Å². The van der Waals surface area contributed by atoms with Gasteiger partial charge in [-0.3, -0.25) is 0 Å². The summed E-state index contributed by atoms with van der Waals surface area (Å²) in [5.41, 5.74) is 9.88. The Balaban J connectivity index is 1.10. The van der Waals surface area contributed by atoms with Crippen molar-refractivity contribution in [3.63, 3.8) is 0 Å². The standard InChI is InChI=1S/C62H48Cl2N4O2/c1-43-23-27-45(28-24-43)57-61(47-15-7-3-8-16-47,48-17-9-4-10-18-48)59(69-67(57)55-39-31-51(63)32-40-55)65-53-35-37-54(38-36-53)66-60-62(49-19-11-5-12-20-49,50-21-13-6-14-22-50)58(46-29-25-44(2)26-30-46)68(70-60)56-41-33-52(64)34-42-56/h3-42,57-58H,1-2H3. The van der Waals surface area contributed by atoms with E-state index in [2.05, 4.69) is 159 Å². The molecule has 342 valence electrons. The zero-order valence-electron chi connectivity index (χ0n) is 38.6. The Kier molecular flexibility index (Phi) is 12.0. The van der Waals surface area contributed by atoms with Gasteiger partial charge in [0, 0.05) is 10.0 Å². The lowest BCUT2D eigenvalue weighted by Gasteiger charge is -2.36. The summed E-state index contributed by atoms with van der Waals surface area (Å²) in [7, 11) is 0. The minimum atomic E-state index is -0.908. The number of hydrogen-bond donors (Lipinski definition) is 0. The van der Waals surface area contributed by atoms with Crippen molar-refractivity contribution in [1.29, 1.82) is 0 Å². The van der Waals surface area contributed by atoms with Crippen LogP contribution in [0.25, 0.3) is 0 Å². The van der Waals surface area contributed by atoms with Crippen molar-refractivity contribution in [2.75, 3.05) is 10.1 Å². The van der Waals surface area contributed by atoms with Gasteiger partial charge in [-0.1, -0.05) is 204 Å². The van der Waals surface area contributed by atoms with Crippen LogP contribution < -0.4 is 10.1 Å². The Morgan fingerprint density at radius 2 is 0.643 bits per heavy atom. The molecule has 0 aromatic heterocycles. The van der Waals surface area contributed by atoms with Gasteiger partial charge in [0.05, 0.1) is 22.7 Å². The first-order valence-corrected chi connectivity index (χ1v) is 24.2. The van der Waals surface area contributed by atoms with E-state index in [0.717, 1.165) is 44.8 Å². The number of benzene rings is 9. The molecule has 0 bridgehead atoms. The van der Waals surface area contributed by atoms with Gasteiger partial charge < -0.3 is 9.68 Å². The van der Waals surface area contributed by atoms with Crippen molar-refractivity contribution < 1.29 is 9.68 Å². The molecule has 2 atom stereocenters. The predicted octanol–water partition coefficient (Wildman–Crippen LogP) is 16.0. The number of anilines is 2. The first-order chi connectivity index (χ1) is 34.3. The molecule has 70 heavy (non-hydrogen) atoms. The molecule has 2 unspecified atom stereocenters. The molecule has 0 N–H and O–H groups in total. The summed E-state index contributed by atoms with van der Waals surface area (Å²) in [5.74, 6) is 1.05. The molecule has 11 rings (SSSR count). The highest BCUT2D eigenvalue weighted by atomic mass is 35.5. The van der Waals surface area contributed by atoms with Crippen molar-refractivity contribution >= 4 is 57.7 Å². The molecule has 0 spiro atoms. The number of hydroxylamine groups is 2. The molecule has 9 aromatic carbocycles. The average molecular weight is 952 g/mol. The summed E-state index contributed by atoms with van der Waals surface area (Å²) in [5, 5.41) is 5.25. The fourth-order valence-electron chi connectivity index (χ4n) is 10.2. The minimum Gasteiger partial charge on any atom is -0.362 e. The molecule has 0 aliphatic carbocycles. The van der Waals surface area contributed by atoms with Gasteiger partial charge in [0.1, 0.15) is 22.9 Å². The molecule has 6 nitrogen and oxygen atoms in total. The quantitative estimate of drug-likeness (QED) is 0.137. The SMILES string of the molecule is Cc1ccc(C2N(c3ccc(Cl)cc3)OC(=Nc3ccc(N=C4ON(c5ccc(Cl)cc5)C(c5ccc(C)cc5)C4(c4ccccc4)c4ccccc4)cc3)C2(c2ccccc2)c2ccccc2)cc1. The van der Waals surface area contributed by atoms with Gasteiger partial charge in [0.15, 0.2) is 0 Å². The minimum absolute atomic E-state index is 0.378. The van der Waals surface area contributed by atoms with Crippen molar-refractivity contribution in [3.8, 4) is 0 Å². The van der Waals surface area contributed by atoms with Gasteiger partial charge in [0.2, 0.25) is 11.8 Å². The molecule has 0 amide bonds. The van der Waals surface area contributed by atoms with E-state index in [1.165, 1.54) is 11.1 Å². The highest BCUT2D eigenvalue weighted by molar-refractivity contribution is 6.31. The van der Waals surface area contributed by atoms with Crippen LogP contribution in [0.1, 0.15) is 56.6 Å². The average Bonchev–Trinajstić information content (AvgIpc) is 3.93. The van der Waals surface area contributed by atoms with Crippen LogP contribution >= 0.6 is 23.2 Å². The normalized spacial score (nSPS) is 18.2. The topological polar surface area (TPSA) is 49.7 Å². The summed E-state index contributed by atoms with van der Waals surface area (Å²) in [6.45, 7) is 4.21. The Hall–Kier alpha value is -7.90. The van der Waals surface area contributed by atoms with E-state index in [4.69, 9.17) is 42.9 Å². The summed E-state index contributed by atoms with van der Waals surface area (Å²) < 4.78 is 0. The number of aryl methyl sites for hydroxylation is 2. The summed E-state index contributed by atoms with van der Waals surface area (Å²) in [6, 6.07) is 82.3. The first-order valence-electron chi connectivity index (χ1n) is 23.4. The second-order valence-corrected chi connectivity index (χ2v) is 18.7. The lowest BCUT2D eigenvalue weighted by atomic mass is 9.67. The van der Waals surface area contributed by atoms with Crippen LogP contribution in [0.3, 0.4) is 0 Å². The zero-order valence-corrected chi connectivity index (χ0v) is 40.1. The van der Waals surface area contributed by atoms with Crippen LogP contribution in [0.4, 0.5) is 22.7 Å². The maximum Gasteiger partial charge on any atom is 0.240 e. The number of rotatable bonds is 10. The zero-order chi connectivity index (χ0) is 47.7. The molecular formula is C62H48Cl2N4O2. The van der Waals surface area contributed by atoms with Gasteiger partial charge in [-0.25, -0.2) is 9.98 Å². The molecule has 8 heteroatoms. The van der Waals surface area contributed by atoms with Gasteiger partial charge in [-0.15, -0.1) is 0 Å². The Labute approximate surface area is 419 Å². The Morgan fingerprint density at radius 1 is 0.357 bits per heavy atom. The third-order valence-electron chi connectivity index (χ3n) is 13.5. The molecule has 2 fully saturated rings. The monoisotopic (exact) mass is 950 g/mol. The Bertz CT molecular complexity index is 2980. The first kappa shape index (κ1) is 44.6. The molecule has 0 radical (unpaired) electrons. The van der Waals surface area contributed by atoms with E-state index >= 15 is 0 Å². The third kappa shape index (κ3) is 7.99. The lowest BCUT2D eigenvalue weighted by molar-refractivity contribution is 0.275. The van der Waals surface area contributed by atoms with Crippen LogP contribution in [-0.4, -0.2) is 11.8 Å². The molecule has 9 aromatic rings. The van der Waals surface area contributed by atoms with E-state index in [1.807, 2.05) is 107 Å². The van der Waals surface area contributed by atoms with Crippen molar-refractivity contribution in [2.45, 2.75) is 36.8 Å². The largest absolute Gasteiger partial charge is 0.362 e. The van der Waals surface area contributed by atoms with Crippen molar-refractivity contribution in [2.24, 2.45) is 9.98 Å². The molecule has 2 heterocycles. The summed E-state index contributed by atoms with van der Waals surface area (Å²) >= 11 is 13.0. The van der Waals surface area contributed by atoms with Gasteiger partial charge in [-0.05, 0) is 120 Å². The number of aliphatic imine (C=N–C) groups is 2. The predicted molar refractivity (Wildman–Crippen MR) is 286 cm³/mol. The van der Waals surface area contributed by atoms with Crippen molar-refractivity contribution in [1.82, 2.24) is 0 Å². The second kappa shape index (κ2) is 18.9. The maximum absolute atomic E-state index is 7.18. The summed E-state index contributed by atoms with van der Waals surface area (Å²) in [6.07, 6.45) is 0. The van der Waals surface area contributed by atoms with Gasteiger partial charge in [0.25, 0.3) is 0 Å². The van der Waals surface area contributed by atoms with E-state index in [9.17, 15) is 0 Å². The summed E-state index contributed by atoms with van der Waals surface area (Å²) in [4.78, 5) is 25.3. The number of halogens is 2. The number of hydrogen-bond acceptors (Lipinski definition) is 6. The maximum atomic E-state index is 7.18. The highest BCUT2D eigenvalue weighted by Gasteiger charge is 2.60.